The number of nitrogens with one attached hydrogen (secondary N) is 1. The highest BCUT2D eigenvalue weighted by molar-refractivity contribution is 7.12. The number of hydrogen-bond acceptors (Lipinski definition) is 3. The molecule has 0 saturated carbocycles. The highest BCUT2D eigenvalue weighted by atomic mass is 32.1. The summed E-state index contributed by atoms with van der Waals surface area (Å²) >= 11 is 1.46. The van der Waals surface area contributed by atoms with E-state index in [1.165, 1.54) is 11.3 Å². The van der Waals surface area contributed by atoms with Crippen LogP contribution in [0.1, 0.15) is 22.5 Å². The van der Waals surface area contributed by atoms with E-state index in [0.717, 1.165) is 30.0 Å². The quantitative estimate of drug-likeness (QED) is 0.932. The molecule has 0 aliphatic carbocycles. The summed E-state index contributed by atoms with van der Waals surface area (Å²) in [5.74, 6) is -0.0193. The van der Waals surface area contributed by atoms with Gasteiger partial charge < -0.3 is 14.6 Å². The second kappa shape index (κ2) is 5.59. The predicted octanol–water partition coefficient (Wildman–Crippen LogP) is 2.45. The third-order valence-corrected chi connectivity index (χ3v) is 4.15. The van der Waals surface area contributed by atoms with Gasteiger partial charge in [-0.25, -0.2) is 0 Å². The molecule has 2 aromatic rings. The lowest BCUT2D eigenvalue weighted by Gasteiger charge is -2.11. The molecule has 0 spiro atoms. The first-order chi connectivity index (χ1) is 9.34. The van der Waals surface area contributed by atoms with Crippen molar-refractivity contribution >= 4 is 17.2 Å². The average molecular weight is 276 g/mol. The van der Waals surface area contributed by atoms with Crippen LogP contribution in [0, 0.1) is 0 Å². The summed E-state index contributed by atoms with van der Waals surface area (Å²) in [6.45, 7) is 1.41. The minimum absolute atomic E-state index is 0.0193. The molecule has 3 rings (SSSR count). The molecular formula is C14H16N2O2S. The minimum atomic E-state index is -0.0193. The molecular weight excluding hydrogens is 260 g/mol. The van der Waals surface area contributed by atoms with E-state index in [4.69, 9.17) is 4.74 Å². The Balaban J connectivity index is 1.68. The van der Waals surface area contributed by atoms with Crippen LogP contribution in [-0.2, 0) is 4.74 Å². The average Bonchev–Trinajstić information content (AvgIpc) is 3.14. The van der Waals surface area contributed by atoms with Crippen LogP contribution in [-0.4, -0.2) is 29.7 Å². The molecule has 3 heterocycles. The number of ether oxygens (including phenoxy) is 1. The van der Waals surface area contributed by atoms with Crippen molar-refractivity contribution in [3.63, 3.8) is 0 Å². The van der Waals surface area contributed by atoms with Gasteiger partial charge in [-0.05, 0) is 36.4 Å². The van der Waals surface area contributed by atoms with E-state index >= 15 is 0 Å². The Morgan fingerprint density at radius 3 is 3.05 bits per heavy atom. The lowest BCUT2D eigenvalue weighted by molar-refractivity contribution is 0.0861. The molecule has 1 fully saturated rings. The molecule has 0 bridgehead atoms. The number of nitrogens with zero attached hydrogens (tertiary/aromatic N) is 1. The van der Waals surface area contributed by atoms with Gasteiger partial charge in [0.1, 0.15) is 4.88 Å². The van der Waals surface area contributed by atoms with Gasteiger partial charge in [0.15, 0.2) is 0 Å². The Bertz CT molecular complexity index is 542. The van der Waals surface area contributed by atoms with Crippen LogP contribution in [0.3, 0.4) is 0 Å². The van der Waals surface area contributed by atoms with Crippen LogP contribution in [0.25, 0.3) is 5.69 Å². The molecule has 2 aromatic heterocycles. The normalized spacial score (nSPS) is 18.6. The fourth-order valence-corrected chi connectivity index (χ4v) is 3.07. The standard InChI is InChI=1S/C14H16N2O2S/c17-14(15-10-11-4-3-8-18-11)13-12(5-9-19-13)16-6-1-2-7-16/h1-2,5-7,9,11H,3-4,8,10H2,(H,15,17)/t11-/m0/s1. The monoisotopic (exact) mass is 276 g/mol. The van der Waals surface area contributed by atoms with Crippen molar-refractivity contribution in [3.05, 3.63) is 40.8 Å². The van der Waals surface area contributed by atoms with E-state index in [-0.39, 0.29) is 12.0 Å². The molecule has 1 aliphatic heterocycles. The molecule has 1 atom stereocenters. The van der Waals surface area contributed by atoms with E-state index in [9.17, 15) is 4.79 Å². The second-order valence-electron chi connectivity index (χ2n) is 4.57. The Labute approximate surface area is 116 Å². The van der Waals surface area contributed by atoms with Gasteiger partial charge in [0, 0.05) is 25.5 Å². The second-order valence-corrected chi connectivity index (χ2v) is 5.49. The first-order valence-corrected chi connectivity index (χ1v) is 7.33. The van der Waals surface area contributed by atoms with E-state index < -0.39 is 0 Å². The molecule has 19 heavy (non-hydrogen) atoms. The van der Waals surface area contributed by atoms with Crippen molar-refractivity contribution in [2.45, 2.75) is 18.9 Å². The summed E-state index contributed by atoms with van der Waals surface area (Å²) in [5.41, 5.74) is 0.930. The van der Waals surface area contributed by atoms with E-state index in [2.05, 4.69) is 5.32 Å². The Kier molecular flexibility index (Phi) is 3.66. The molecule has 1 aliphatic rings. The molecule has 1 N–H and O–H groups in total. The minimum Gasteiger partial charge on any atom is -0.376 e. The third-order valence-electron chi connectivity index (χ3n) is 3.25. The SMILES string of the molecule is O=C(NC[C@@H]1CCCO1)c1sccc1-n1cccc1. The predicted molar refractivity (Wildman–Crippen MR) is 75.0 cm³/mol. The van der Waals surface area contributed by atoms with Gasteiger partial charge >= 0.3 is 0 Å². The Morgan fingerprint density at radius 1 is 1.47 bits per heavy atom. The molecule has 0 unspecified atom stereocenters. The lowest BCUT2D eigenvalue weighted by Crippen LogP contribution is -2.31. The topological polar surface area (TPSA) is 43.3 Å². The van der Waals surface area contributed by atoms with E-state index in [1.54, 1.807) is 0 Å². The molecule has 100 valence electrons. The summed E-state index contributed by atoms with van der Waals surface area (Å²) < 4.78 is 7.46. The zero-order valence-corrected chi connectivity index (χ0v) is 11.4. The van der Waals surface area contributed by atoms with Crippen molar-refractivity contribution in [2.24, 2.45) is 0 Å². The highest BCUT2D eigenvalue weighted by Crippen LogP contribution is 2.21. The summed E-state index contributed by atoms with van der Waals surface area (Å²) in [6.07, 6.45) is 6.19. The molecule has 1 amide bonds. The number of carbonyl (C=O) groups is 1. The van der Waals surface area contributed by atoms with Gasteiger partial charge in [0.25, 0.3) is 5.91 Å². The Hall–Kier alpha value is -1.59. The molecule has 0 radical (unpaired) electrons. The van der Waals surface area contributed by atoms with Crippen molar-refractivity contribution in [3.8, 4) is 5.69 Å². The first-order valence-electron chi connectivity index (χ1n) is 6.45. The summed E-state index contributed by atoms with van der Waals surface area (Å²) in [4.78, 5) is 13.0. The van der Waals surface area contributed by atoms with Crippen molar-refractivity contribution in [1.29, 1.82) is 0 Å². The van der Waals surface area contributed by atoms with E-state index in [1.807, 2.05) is 40.5 Å². The lowest BCUT2D eigenvalue weighted by atomic mass is 10.2. The van der Waals surface area contributed by atoms with Gasteiger partial charge in [0.05, 0.1) is 11.8 Å². The fourth-order valence-electron chi connectivity index (χ4n) is 2.26. The van der Waals surface area contributed by atoms with Crippen molar-refractivity contribution in [2.75, 3.05) is 13.2 Å². The number of aromatic nitrogens is 1. The molecule has 1 saturated heterocycles. The van der Waals surface area contributed by atoms with Crippen LogP contribution < -0.4 is 5.32 Å². The highest BCUT2D eigenvalue weighted by Gasteiger charge is 2.19. The largest absolute Gasteiger partial charge is 0.376 e. The number of carbonyl (C=O) groups excluding carboxylic acids is 1. The van der Waals surface area contributed by atoms with Crippen LogP contribution in [0.5, 0.6) is 0 Å². The maximum absolute atomic E-state index is 12.2. The smallest absolute Gasteiger partial charge is 0.263 e. The van der Waals surface area contributed by atoms with Gasteiger partial charge in [0.2, 0.25) is 0 Å². The van der Waals surface area contributed by atoms with Crippen molar-refractivity contribution < 1.29 is 9.53 Å². The van der Waals surface area contributed by atoms with Crippen LogP contribution >= 0.6 is 11.3 Å². The summed E-state index contributed by atoms with van der Waals surface area (Å²) in [6, 6.07) is 5.86. The zero-order valence-electron chi connectivity index (χ0n) is 10.5. The number of amides is 1. The van der Waals surface area contributed by atoms with Gasteiger partial charge in [-0.1, -0.05) is 0 Å². The van der Waals surface area contributed by atoms with Gasteiger partial charge in [-0.3, -0.25) is 4.79 Å². The third kappa shape index (κ3) is 2.72. The zero-order chi connectivity index (χ0) is 13.1. The van der Waals surface area contributed by atoms with Crippen LogP contribution in [0.15, 0.2) is 36.0 Å². The maximum atomic E-state index is 12.2. The first kappa shape index (κ1) is 12.4. The maximum Gasteiger partial charge on any atom is 0.263 e. The Morgan fingerprint density at radius 2 is 2.32 bits per heavy atom. The van der Waals surface area contributed by atoms with Crippen LogP contribution in [0.4, 0.5) is 0 Å². The molecule has 5 heteroatoms. The van der Waals surface area contributed by atoms with Crippen LogP contribution in [0.2, 0.25) is 0 Å². The summed E-state index contributed by atoms with van der Waals surface area (Å²) in [5, 5.41) is 4.90. The summed E-state index contributed by atoms with van der Waals surface area (Å²) in [7, 11) is 0. The number of hydrogen-bond donors (Lipinski definition) is 1. The number of rotatable bonds is 4. The molecule has 0 aromatic carbocycles. The van der Waals surface area contributed by atoms with E-state index in [0.29, 0.717) is 6.54 Å². The molecule has 4 nitrogen and oxygen atoms in total. The van der Waals surface area contributed by atoms with Crippen molar-refractivity contribution in [1.82, 2.24) is 9.88 Å². The van der Waals surface area contributed by atoms with Gasteiger partial charge in [-0.15, -0.1) is 11.3 Å². The number of thiophene rings is 1. The van der Waals surface area contributed by atoms with Gasteiger partial charge in [-0.2, -0.15) is 0 Å². The fraction of sp³-hybridized carbons (Fsp3) is 0.357.